The molecule has 0 fully saturated rings. The van der Waals surface area contributed by atoms with Crippen molar-refractivity contribution in [1.82, 2.24) is 0 Å². The van der Waals surface area contributed by atoms with E-state index in [1.54, 1.807) is 0 Å². The van der Waals surface area contributed by atoms with Crippen molar-refractivity contribution in [3.8, 4) is 0 Å². The SMILES string of the molecule is [Al+3].[Al+3].[H-].[H-].[H-].[H-].[La].[La].[O-2].[O-2].[O-2].[Sr+2].[Sr+2].[Ta].[Ta]. The molecule has 0 bridgehead atoms. The molecule has 11 heavy (non-hydrogen) atoms. The second-order valence-electron chi connectivity index (χ2n) is 0. The largest absolute Gasteiger partial charge is 3.00 e. The van der Waals surface area contributed by atoms with Gasteiger partial charge in [-0.15, -0.1) is 0 Å². The molecule has 0 saturated carbocycles. The monoisotopic (exact) mass is 921 g/mol. The van der Waals surface area contributed by atoms with Gasteiger partial charge in [0.1, 0.15) is 0 Å². The molecule has 4 radical (unpaired) electrons. The third-order valence-corrected chi connectivity index (χ3v) is 0. The Morgan fingerprint density at radius 1 is 0.545 bits per heavy atom. The molecule has 11 heteroatoms. The minimum absolute atomic E-state index is 0. The van der Waals surface area contributed by atoms with Crippen LogP contribution in [0.15, 0.2) is 0 Å². The second kappa shape index (κ2) is 82.7. The fourth-order valence-electron chi connectivity index (χ4n) is 0. The first-order valence-electron chi connectivity index (χ1n) is 0. The summed E-state index contributed by atoms with van der Waals surface area (Å²) in [5, 5.41) is 0. The molecule has 0 aliphatic carbocycles. The van der Waals surface area contributed by atoms with E-state index < -0.39 is 0 Å². The van der Waals surface area contributed by atoms with Crippen molar-refractivity contribution in [1.29, 1.82) is 0 Å². The summed E-state index contributed by atoms with van der Waals surface area (Å²) in [7, 11) is 0. The predicted octanol–water partition coefficient (Wildman–Crippen LogP) is -1.43. The zero-order valence-electron chi connectivity index (χ0n) is 9.84. The van der Waals surface area contributed by atoms with Gasteiger partial charge in [-0.05, 0) is 0 Å². The molecule has 0 amide bonds. The van der Waals surface area contributed by atoms with E-state index in [9.17, 15) is 0 Å². The van der Waals surface area contributed by atoms with Gasteiger partial charge in [-0.1, -0.05) is 0 Å². The van der Waals surface area contributed by atoms with Crippen molar-refractivity contribution in [3.63, 3.8) is 0 Å². The van der Waals surface area contributed by atoms with Gasteiger partial charge in [-0.2, -0.15) is 0 Å². The fraction of sp³-hybridized carbons (Fsp3) is 0. The minimum atomic E-state index is 0. The van der Waals surface area contributed by atoms with Crippen molar-refractivity contribution in [3.05, 3.63) is 0 Å². The van der Waals surface area contributed by atoms with Gasteiger partial charge in [0.2, 0.25) is 0 Å². The summed E-state index contributed by atoms with van der Waals surface area (Å²) in [6, 6.07) is 0. The number of hydrogen-bond donors (Lipinski definition) is 0. The summed E-state index contributed by atoms with van der Waals surface area (Å²) in [6.07, 6.45) is 0. The van der Waals surface area contributed by atoms with Crippen LogP contribution in [-0.2, 0) is 61.2 Å². The Hall–Kier alpha value is 7.78. The predicted molar refractivity (Wildman–Crippen MR) is 29.5 cm³/mol. The van der Waals surface area contributed by atoms with E-state index in [4.69, 9.17) is 0 Å². The maximum Gasteiger partial charge on any atom is 3.00 e. The van der Waals surface area contributed by atoms with Crippen LogP contribution in [0.5, 0.6) is 0 Å². The average molecular weight is 921 g/mol. The first-order chi connectivity index (χ1) is 0. The molecule has 3 nitrogen and oxygen atoms in total. The van der Waals surface area contributed by atoms with Gasteiger partial charge in [0.05, 0.1) is 0 Å². The second-order valence-corrected chi connectivity index (χ2v) is 0. The summed E-state index contributed by atoms with van der Waals surface area (Å²) in [5.41, 5.74) is 0. The molecule has 0 atom stereocenters. The Labute approximate surface area is 256 Å². The molecule has 0 N–H and O–H groups in total. The zero-order chi connectivity index (χ0) is 0. The number of hydrogen-bond acceptors (Lipinski definition) is 0. The molecule has 48 valence electrons. The van der Waals surface area contributed by atoms with E-state index in [1.165, 1.54) is 0 Å². The van der Waals surface area contributed by atoms with Gasteiger partial charge in [0.25, 0.3) is 0 Å². The Balaban J connectivity index is 0. The van der Waals surface area contributed by atoms with Crippen LogP contribution in [0.3, 0.4) is 0 Å². The first kappa shape index (κ1) is 98.1. The topological polar surface area (TPSA) is 85.5 Å². The molecule has 0 aliphatic heterocycles. The summed E-state index contributed by atoms with van der Waals surface area (Å²) >= 11 is 0. The molecule has 0 saturated heterocycles. The summed E-state index contributed by atoms with van der Waals surface area (Å²) in [5.74, 6) is 0. The molecule has 0 aromatic heterocycles. The first-order valence-corrected chi connectivity index (χ1v) is 0. The quantitative estimate of drug-likeness (QED) is 0.268. The maximum atomic E-state index is 0. The van der Waals surface area contributed by atoms with Crippen LogP contribution in [0, 0.1) is 71.2 Å². The summed E-state index contributed by atoms with van der Waals surface area (Å²) in [4.78, 5) is 0. The molecule has 0 spiro atoms. The van der Waals surface area contributed by atoms with Crippen LogP contribution < -0.4 is 0 Å². The molecule has 0 aliphatic rings. The Kier molecular flexibility index (Phi) is 738. The normalized spacial score (nSPS) is 0. The minimum Gasteiger partial charge on any atom is -2.00 e. The van der Waals surface area contributed by atoms with Crippen molar-refractivity contribution < 1.29 is 138 Å². The molecule has 0 aromatic carbocycles. The van der Waals surface area contributed by atoms with E-state index in [2.05, 4.69) is 0 Å². The smallest absolute Gasteiger partial charge is 2.00 e. The molecular formula is H4Al2La2O3Sr2Ta2. The third-order valence-electron chi connectivity index (χ3n) is 0. The van der Waals surface area contributed by atoms with Crippen molar-refractivity contribution >= 4 is 126 Å². The van der Waals surface area contributed by atoms with Crippen LogP contribution in [-0.4, -0.2) is 126 Å². The van der Waals surface area contributed by atoms with Crippen molar-refractivity contribution in [2.75, 3.05) is 0 Å². The van der Waals surface area contributed by atoms with Crippen molar-refractivity contribution in [2.45, 2.75) is 0 Å². The molecule has 0 rings (SSSR count). The standard InChI is InChI=1S/2Al.2La.3O.2Sr.2Ta.4H/q2*+3;;;3*-2;2*+2;;;4*-1. The van der Waals surface area contributed by atoms with Gasteiger partial charge >= 0.3 is 126 Å². The Bertz CT molecular complexity index is 37.8. The van der Waals surface area contributed by atoms with Crippen molar-refractivity contribution in [2.24, 2.45) is 0 Å². The van der Waals surface area contributed by atoms with E-state index >= 15 is 0 Å². The van der Waals surface area contributed by atoms with E-state index in [1.807, 2.05) is 0 Å². The van der Waals surface area contributed by atoms with Gasteiger partial charge in [0.15, 0.2) is 0 Å². The molecule has 0 unspecified atom stereocenters. The Morgan fingerprint density at radius 2 is 0.545 bits per heavy atom. The third kappa shape index (κ3) is 73.2. The van der Waals surface area contributed by atoms with Gasteiger partial charge < -0.3 is 22.1 Å². The van der Waals surface area contributed by atoms with Gasteiger partial charge in [-0.3, -0.25) is 0 Å². The zero-order valence-corrected chi connectivity index (χ0v) is 28.8. The van der Waals surface area contributed by atoms with Crippen LogP contribution in [0.25, 0.3) is 0 Å². The van der Waals surface area contributed by atoms with Gasteiger partial charge in [-0.25, -0.2) is 0 Å². The van der Waals surface area contributed by atoms with Gasteiger partial charge in [0, 0.05) is 116 Å². The molecule has 0 aromatic rings. The molecule has 0 heterocycles. The van der Waals surface area contributed by atoms with Crippen LogP contribution >= 0.6 is 0 Å². The average Bonchev–Trinajstić information content (AvgIpc) is 0. The van der Waals surface area contributed by atoms with E-state index in [0.717, 1.165) is 0 Å². The van der Waals surface area contributed by atoms with Crippen LogP contribution in [0.4, 0.5) is 0 Å². The summed E-state index contributed by atoms with van der Waals surface area (Å²) < 4.78 is 0. The number of rotatable bonds is 0. The van der Waals surface area contributed by atoms with Crippen LogP contribution in [0.2, 0.25) is 0 Å². The maximum absolute atomic E-state index is 0. The Morgan fingerprint density at radius 3 is 0.545 bits per heavy atom. The molecular weight excluding hydrogens is 917 g/mol. The van der Waals surface area contributed by atoms with E-state index in [-0.39, 0.29) is 264 Å². The van der Waals surface area contributed by atoms with Crippen LogP contribution in [0.1, 0.15) is 5.71 Å². The summed E-state index contributed by atoms with van der Waals surface area (Å²) in [6.45, 7) is 0. The van der Waals surface area contributed by atoms with E-state index in [0.29, 0.717) is 0 Å². The fourth-order valence-corrected chi connectivity index (χ4v) is 0.